The van der Waals surface area contributed by atoms with Crippen molar-refractivity contribution in [1.29, 1.82) is 0 Å². The van der Waals surface area contributed by atoms with E-state index in [1.165, 1.54) is 11.0 Å². The van der Waals surface area contributed by atoms with Gasteiger partial charge in [0.05, 0.1) is 11.3 Å². The van der Waals surface area contributed by atoms with Crippen molar-refractivity contribution < 1.29 is 13.6 Å². The maximum Gasteiger partial charge on any atom is 0.352 e. The van der Waals surface area contributed by atoms with E-state index in [-0.39, 0.29) is 17.5 Å². The Hall–Kier alpha value is -1.45. The lowest BCUT2D eigenvalue weighted by Gasteiger charge is -2.17. The molecule has 1 aliphatic carbocycles. The van der Waals surface area contributed by atoms with Crippen LogP contribution in [-0.4, -0.2) is 11.9 Å². The van der Waals surface area contributed by atoms with Crippen molar-refractivity contribution in [3.8, 4) is 0 Å². The van der Waals surface area contributed by atoms with Crippen molar-refractivity contribution in [2.45, 2.75) is 44.6 Å². The van der Waals surface area contributed by atoms with Gasteiger partial charge in [-0.15, -0.1) is 0 Å². The second-order valence-electron chi connectivity index (χ2n) is 5.41. The summed E-state index contributed by atoms with van der Waals surface area (Å²) in [6, 6.07) is 4.83. The molecule has 0 unspecified atom stereocenters. The number of alkyl halides is 2. The molecule has 2 nitrogen and oxygen atoms in total. The summed E-state index contributed by atoms with van der Waals surface area (Å²) >= 11 is 0. The molecular weight excluding hydrogens is 236 g/mol. The van der Waals surface area contributed by atoms with Gasteiger partial charge in [0.1, 0.15) is 0 Å². The molecule has 1 heterocycles. The first-order valence-corrected chi connectivity index (χ1v) is 6.29. The molecule has 4 heteroatoms. The molecule has 1 aliphatic heterocycles. The fourth-order valence-electron chi connectivity index (χ4n) is 2.44. The second-order valence-corrected chi connectivity index (χ2v) is 5.41. The number of halogens is 2. The molecule has 1 amide bonds. The Labute approximate surface area is 105 Å². The van der Waals surface area contributed by atoms with Gasteiger partial charge in [0.2, 0.25) is 0 Å². The maximum atomic E-state index is 13.9. The van der Waals surface area contributed by atoms with E-state index in [9.17, 15) is 13.6 Å². The highest BCUT2D eigenvalue weighted by Gasteiger charge is 2.56. The third kappa shape index (κ3) is 1.48. The quantitative estimate of drug-likeness (QED) is 0.788. The summed E-state index contributed by atoms with van der Waals surface area (Å²) in [5, 5.41) is 0. The Balaban J connectivity index is 2.14. The van der Waals surface area contributed by atoms with Crippen molar-refractivity contribution in [2.75, 3.05) is 4.90 Å². The van der Waals surface area contributed by atoms with E-state index in [0.29, 0.717) is 5.69 Å². The Morgan fingerprint density at radius 1 is 1.33 bits per heavy atom. The van der Waals surface area contributed by atoms with E-state index < -0.39 is 11.8 Å². The highest BCUT2D eigenvalue weighted by atomic mass is 19.3. The van der Waals surface area contributed by atoms with E-state index >= 15 is 0 Å². The van der Waals surface area contributed by atoms with Gasteiger partial charge in [-0.05, 0) is 30.4 Å². The smallest absolute Gasteiger partial charge is 0.303 e. The van der Waals surface area contributed by atoms with Crippen molar-refractivity contribution >= 4 is 11.6 Å². The predicted octanol–water partition coefficient (Wildman–Crippen LogP) is 3.41. The van der Waals surface area contributed by atoms with Crippen LogP contribution in [0.5, 0.6) is 0 Å². The summed E-state index contributed by atoms with van der Waals surface area (Å²) in [6.45, 7) is 4.02. The van der Waals surface area contributed by atoms with Gasteiger partial charge in [-0.25, -0.2) is 0 Å². The molecule has 1 aromatic rings. The maximum absolute atomic E-state index is 13.9. The van der Waals surface area contributed by atoms with Gasteiger partial charge >= 0.3 is 11.8 Å². The average Bonchev–Trinajstić information content (AvgIpc) is 3.10. The summed E-state index contributed by atoms with van der Waals surface area (Å²) in [4.78, 5) is 13.1. The average molecular weight is 251 g/mol. The number of carbonyl (C=O) groups excluding carboxylic acids is 1. The lowest BCUT2D eigenvalue weighted by atomic mass is 9.99. The molecule has 0 atom stereocenters. The summed E-state index contributed by atoms with van der Waals surface area (Å²) in [5.41, 5.74) is 1.27. The minimum absolute atomic E-state index is 0.0213. The molecular formula is C14H15F2NO. The van der Waals surface area contributed by atoms with Crippen molar-refractivity contribution in [1.82, 2.24) is 0 Å². The SMILES string of the molecule is CC(C)c1ccc2c(c1)N(C1CC1)C(=O)C2(F)F. The van der Waals surface area contributed by atoms with E-state index in [4.69, 9.17) is 0 Å². The number of hydrogen-bond donors (Lipinski definition) is 0. The highest BCUT2D eigenvalue weighted by Crippen LogP contribution is 2.49. The number of rotatable bonds is 2. The van der Waals surface area contributed by atoms with Crippen molar-refractivity contribution in [2.24, 2.45) is 0 Å². The van der Waals surface area contributed by atoms with Gasteiger partial charge in [0, 0.05) is 6.04 Å². The zero-order valence-corrected chi connectivity index (χ0v) is 10.4. The monoisotopic (exact) mass is 251 g/mol. The molecule has 1 saturated carbocycles. The van der Waals surface area contributed by atoms with Crippen LogP contribution in [0.3, 0.4) is 0 Å². The molecule has 0 aromatic heterocycles. The number of hydrogen-bond acceptors (Lipinski definition) is 1. The zero-order chi connectivity index (χ0) is 13.1. The van der Waals surface area contributed by atoms with Crippen LogP contribution in [0.4, 0.5) is 14.5 Å². The summed E-state index contributed by atoms with van der Waals surface area (Å²) in [6.07, 6.45) is 1.65. The largest absolute Gasteiger partial charge is 0.352 e. The first-order chi connectivity index (χ1) is 8.43. The van der Waals surface area contributed by atoms with E-state index in [1.807, 2.05) is 13.8 Å². The molecule has 0 bridgehead atoms. The van der Waals surface area contributed by atoms with E-state index in [2.05, 4.69) is 0 Å². The zero-order valence-electron chi connectivity index (χ0n) is 10.4. The van der Waals surface area contributed by atoms with Gasteiger partial charge in [-0.1, -0.05) is 26.0 Å². The van der Waals surface area contributed by atoms with Crippen LogP contribution in [0.1, 0.15) is 43.7 Å². The second kappa shape index (κ2) is 3.53. The normalized spacial score (nSPS) is 21.6. The molecule has 1 aromatic carbocycles. The van der Waals surface area contributed by atoms with Crippen LogP contribution >= 0.6 is 0 Å². The van der Waals surface area contributed by atoms with Crippen LogP contribution in [0.2, 0.25) is 0 Å². The summed E-state index contributed by atoms with van der Waals surface area (Å²) in [7, 11) is 0. The van der Waals surface area contributed by atoms with Gasteiger partial charge in [-0.2, -0.15) is 8.78 Å². The van der Waals surface area contributed by atoms with Gasteiger partial charge in [0.15, 0.2) is 0 Å². The number of nitrogens with zero attached hydrogens (tertiary/aromatic N) is 1. The van der Waals surface area contributed by atoms with Gasteiger partial charge in [0.25, 0.3) is 0 Å². The van der Waals surface area contributed by atoms with Gasteiger partial charge < -0.3 is 4.90 Å². The predicted molar refractivity (Wildman–Crippen MR) is 64.9 cm³/mol. The molecule has 1 fully saturated rings. The number of carbonyl (C=O) groups is 1. The molecule has 2 aliphatic rings. The number of benzene rings is 1. The minimum Gasteiger partial charge on any atom is -0.303 e. The molecule has 18 heavy (non-hydrogen) atoms. The third-order valence-corrected chi connectivity index (χ3v) is 3.69. The van der Waals surface area contributed by atoms with Crippen LogP contribution in [-0.2, 0) is 10.7 Å². The van der Waals surface area contributed by atoms with E-state index in [0.717, 1.165) is 18.4 Å². The number of anilines is 1. The topological polar surface area (TPSA) is 20.3 Å². The Morgan fingerprint density at radius 3 is 2.56 bits per heavy atom. The first kappa shape index (κ1) is 11.6. The fourth-order valence-corrected chi connectivity index (χ4v) is 2.44. The Kier molecular flexibility index (Phi) is 2.28. The molecule has 0 N–H and O–H groups in total. The van der Waals surface area contributed by atoms with Crippen LogP contribution in [0.25, 0.3) is 0 Å². The summed E-state index contributed by atoms with van der Waals surface area (Å²) in [5.74, 6) is -4.14. The Bertz CT molecular complexity index is 521. The number of amides is 1. The summed E-state index contributed by atoms with van der Waals surface area (Å²) < 4.78 is 27.8. The lowest BCUT2D eigenvalue weighted by molar-refractivity contribution is -0.141. The third-order valence-electron chi connectivity index (χ3n) is 3.69. The van der Waals surface area contributed by atoms with Crippen LogP contribution < -0.4 is 4.90 Å². The molecule has 0 saturated heterocycles. The van der Waals surface area contributed by atoms with E-state index in [1.54, 1.807) is 12.1 Å². The molecule has 0 spiro atoms. The molecule has 0 radical (unpaired) electrons. The van der Waals surface area contributed by atoms with Crippen molar-refractivity contribution in [3.05, 3.63) is 29.3 Å². The van der Waals surface area contributed by atoms with Crippen molar-refractivity contribution in [3.63, 3.8) is 0 Å². The molecule has 3 rings (SSSR count). The molecule has 96 valence electrons. The number of fused-ring (bicyclic) bond motifs is 1. The Morgan fingerprint density at radius 2 is 2.00 bits per heavy atom. The van der Waals surface area contributed by atoms with Crippen LogP contribution in [0.15, 0.2) is 18.2 Å². The fraction of sp³-hybridized carbons (Fsp3) is 0.500. The standard InChI is InChI=1S/C14H15F2NO/c1-8(2)9-3-6-11-12(7-9)17(10-4-5-10)13(18)14(11,15)16/h3,6-8,10H,4-5H2,1-2H3. The lowest BCUT2D eigenvalue weighted by Crippen LogP contribution is -2.36. The van der Waals surface area contributed by atoms with Gasteiger partial charge in [-0.3, -0.25) is 4.79 Å². The highest BCUT2D eigenvalue weighted by molar-refractivity contribution is 6.06. The minimum atomic E-state index is -3.35. The van der Waals surface area contributed by atoms with Crippen LogP contribution in [0, 0.1) is 0 Å². The first-order valence-electron chi connectivity index (χ1n) is 6.29.